The number of likely N-dealkylation sites (N-methyl/N-ethyl adjacent to an activating group) is 1. The molecule has 0 saturated heterocycles. The van der Waals surface area contributed by atoms with Gasteiger partial charge in [-0.3, -0.25) is 4.98 Å². The molecule has 3 nitrogen and oxygen atoms in total. The van der Waals surface area contributed by atoms with Gasteiger partial charge in [0.2, 0.25) is 0 Å². The Morgan fingerprint density at radius 1 is 1.30 bits per heavy atom. The maximum atomic E-state index is 8.67. The van der Waals surface area contributed by atoms with Gasteiger partial charge in [-0.05, 0) is 31.3 Å². The van der Waals surface area contributed by atoms with Crippen LogP contribution in [0.5, 0.6) is 0 Å². The molecular weight excluding hydrogens is 268 g/mol. The number of thiophene rings is 1. The molecule has 0 aliphatic heterocycles. The quantitative estimate of drug-likeness (QED) is 0.856. The molecule has 4 heteroatoms. The predicted octanol–water partition coefficient (Wildman–Crippen LogP) is 2.16. The molecule has 0 bridgehead atoms. The number of nitrogens with zero attached hydrogens (tertiary/aromatic N) is 2. The third kappa shape index (κ3) is 4.78. The summed E-state index contributed by atoms with van der Waals surface area (Å²) in [5.74, 6) is 5.61. The minimum atomic E-state index is -0.0861. The average Bonchev–Trinajstić information content (AvgIpc) is 2.91. The second kappa shape index (κ2) is 7.81. The summed E-state index contributed by atoms with van der Waals surface area (Å²) in [6, 6.07) is 10.1. The Bertz CT molecular complexity index is 583. The lowest BCUT2D eigenvalue weighted by Crippen LogP contribution is -2.20. The Hall–Kier alpha value is -1.67. The summed E-state index contributed by atoms with van der Waals surface area (Å²) in [7, 11) is 2.11. The molecule has 0 aromatic carbocycles. The van der Waals surface area contributed by atoms with Crippen molar-refractivity contribution >= 4 is 11.3 Å². The molecule has 0 saturated carbocycles. The summed E-state index contributed by atoms with van der Waals surface area (Å²) >= 11 is 1.68. The van der Waals surface area contributed by atoms with Crippen LogP contribution in [0.1, 0.15) is 15.4 Å². The Morgan fingerprint density at radius 2 is 2.20 bits per heavy atom. The van der Waals surface area contributed by atoms with E-state index in [0.717, 1.165) is 30.1 Å². The lowest BCUT2D eigenvalue weighted by Gasteiger charge is -2.14. The van der Waals surface area contributed by atoms with Crippen molar-refractivity contribution in [3.8, 4) is 11.8 Å². The van der Waals surface area contributed by atoms with Crippen molar-refractivity contribution in [2.75, 3.05) is 20.2 Å². The van der Waals surface area contributed by atoms with Gasteiger partial charge in [0.05, 0.1) is 4.88 Å². The molecular formula is C16H18N2OS. The normalized spacial score (nSPS) is 10.3. The molecule has 0 unspecified atom stereocenters. The first-order valence-corrected chi connectivity index (χ1v) is 7.36. The van der Waals surface area contributed by atoms with Gasteiger partial charge in [-0.1, -0.05) is 17.9 Å². The van der Waals surface area contributed by atoms with Crippen molar-refractivity contribution < 1.29 is 5.11 Å². The molecule has 0 amide bonds. The summed E-state index contributed by atoms with van der Waals surface area (Å²) in [5.41, 5.74) is 1.13. The van der Waals surface area contributed by atoms with Crippen LogP contribution >= 0.6 is 11.3 Å². The molecule has 2 heterocycles. The number of aliphatic hydroxyl groups is 1. The minimum absolute atomic E-state index is 0.0861. The zero-order valence-electron chi connectivity index (χ0n) is 11.5. The van der Waals surface area contributed by atoms with Crippen molar-refractivity contribution in [2.45, 2.75) is 13.0 Å². The number of hydrogen-bond acceptors (Lipinski definition) is 4. The molecule has 0 aliphatic carbocycles. The average molecular weight is 286 g/mol. The van der Waals surface area contributed by atoms with Gasteiger partial charge in [-0.25, -0.2) is 0 Å². The van der Waals surface area contributed by atoms with Crippen LogP contribution in [0, 0.1) is 11.8 Å². The van der Waals surface area contributed by atoms with E-state index in [9.17, 15) is 0 Å². The molecule has 0 fully saturated rings. The monoisotopic (exact) mass is 286 g/mol. The van der Waals surface area contributed by atoms with Gasteiger partial charge < -0.3 is 10.0 Å². The summed E-state index contributed by atoms with van der Waals surface area (Å²) < 4.78 is 0. The van der Waals surface area contributed by atoms with Crippen molar-refractivity contribution in [1.29, 1.82) is 0 Å². The van der Waals surface area contributed by atoms with Crippen molar-refractivity contribution in [1.82, 2.24) is 9.88 Å². The highest BCUT2D eigenvalue weighted by Crippen LogP contribution is 2.17. The minimum Gasteiger partial charge on any atom is -0.384 e. The van der Waals surface area contributed by atoms with Crippen LogP contribution in [0.15, 0.2) is 36.5 Å². The van der Waals surface area contributed by atoms with E-state index in [-0.39, 0.29) is 6.61 Å². The molecule has 20 heavy (non-hydrogen) atoms. The Morgan fingerprint density at radius 3 is 2.95 bits per heavy atom. The first-order chi connectivity index (χ1) is 9.78. The first kappa shape index (κ1) is 14.7. The molecule has 0 aliphatic rings. The fraction of sp³-hybridized carbons (Fsp3) is 0.312. The molecule has 0 radical (unpaired) electrons. The van der Waals surface area contributed by atoms with Crippen LogP contribution in [-0.2, 0) is 13.0 Å². The lowest BCUT2D eigenvalue weighted by atomic mass is 10.2. The van der Waals surface area contributed by atoms with E-state index in [2.05, 4.69) is 40.9 Å². The van der Waals surface area contributed by atoms with Gasteiger partial charge in [0.1, 0.15) is 6.61 Å². The number of rotatable bonds is 5. The second-order valence-corrected chi connectivity index (χ2v) is 5.70. The molecule has 2 aromatic heterocycles. The molecule has 2 aromatic rings. The van der Waals surface area contributed by atoms with E-state index in [4.69, 9.17) is 5.11 Å². The number of aliphatic hydroxyl groups excluding tert-OH is 1. The SMILES string of the molecule is CN(CCc1ccccn1)Cc1ccc(C#CCO)s1. The van der Waals surface area contributed by atoms with E-state index >= 15 is 0 Å². The maximum absolute atomic E-state index is 8.67. The number of pyridine rings is 1. The number of aromatic nitrogens is 1. The third-order valence-electron chi connectivity index (χ3n) is 2.85. The van der Waals surface area contributed by atoms with Crippen LogP contribution in [0.2, 0.25) is 0 Å². The standard InChI is InChI=1S/C16H18N2OS/c1-18(11-9-14-5-2-3-10-17-14)13-16-8-7-15(20-16)6-4-12-19/h2-3,5,7-8,10,19H,9,11-13H2,1H3. The Kier molecular flexibility index (Phi) is 5.75. The van der Waals surface area contributed by atoms with E-state index in [1.54, 1.807) is 11.3 Å². The second-order valence-electron chi connectivity index (χ2n) is 4.53. The fourth-order valence-corrected chi connectivity index (χ4v) is 2.82. The molecule has 0 atom stereocenters. The van der Waals surface area contributed by atoms with Gasteiger partial charge in [0.25, 0.3) is 0 Å². The molecule has 1 N–H and O–H groups in total. The van der Waals surface area contributed by atoms with Crippen LogP contribution < -0.4 is 0 Å². The first-order valence-electron chi connectivity index (χ1n) is 6.55. The molecule has 0 spiro atoms. The van der Waals surface area contributed by atoms with Gasteiger partial charge in [0.15, 0.2) is 0 Å². The largest absolute Gasteiger partial charge is 0.384 e. The topological polar surface area (TPSA) is 36.4 Å². The highest BCUT2D eigenvalue weighted by atomic mass is 32.1. The highest BCUT2D eigenvalue weighted by molar-refractivity contribution is 7.12. The van der Waals surface area contributed by atoms with E-state index in [0.29, 0.717) is 0 Å². The smallest absolute Gasteiger partial charge is 0.104 e. The van der Waals surface area contributed by atoms with E-state index in [1.165, 1.54) is 4.88 Å². The fourth-order valence-electron chi connectivity index (χ4n) is 1.85. The Balaban J connectivity index is 1.82. The summed E-state index contributed by atoms with van der Waals surface area (Å²) in [4.78, 5) is 8.91. The van der Waals surface area contributed by atoms with Gasteiger partial charge in [0, 0.05) is 36.3 Å². The molecule has 2 rings (SSSR count). The van der Waals surface area contributed by atoms with Crippen molar-refractivity contribution in [3.63, 3.8) is 0 Å². The van der Waals surface area contributed by atoms with Crippen molar-refractivity contribution in [2.24, 2.45) is 0 Å². The van der Waals surface area contributed by atoms with Crippen LogP contribution in [0.4, 0.5) is 0 Å². The van der Waals surface area contributed by atoms with Gasteiger partial charge in [-0.2, -0.15) is 0 Å². The van der Waals surface area contributed by atoms with Gasteiger partial charge >= 0.3 is 0 Å². The van der Waals surface area contributed by atoms with Crippen LogP contribution in [0.3, 0.4) is 0 Å². The van der Waals surface area contributed by atoms with Crippen LogP contribution in [0.25, 0.3) is 0 Å². The maximum Gasteiger partial charge on any atom is 0.104 e. The zero-order chi connectivity index (χ0) is 14.2. The summed E-state index contributed by atoms with van der Waals surface area (Å²) in [5, 5.41) is 8.67. The zero-order valence-corrected chi connectivity index (χ0v) is 12.4. The van der Waals surface area contributed by atoms with Gasteiger partial charge in [-0.15, -0.1) is 11.3 Å². The van der Waals surface area contributed by atoms with Crippen molar-refractivity contribution in [3.05, 3.63) is 52.0 Å². The van der Waals surface area contributed by atoms with E-state index in [1.807, 2.05) is 24.4 Å². The highest BCUT2D eigenvalue weighted by Gasteiger charge is 2.04. The number of hydrogen-bond donors (Lipinski definition) is 1. The predicted molar refractivity (Wildman–Crippen MR) is 82.6 cm³/mol. The van der Waals surface area contributed by atoms with Crippen LogP contribution in [-0.4, -0.2) is 35.2 Å². The molecule has 104 valence electrons. The van der Waals surface area contributed by atoms with E-state index < -0.39 is 0 Å². The summed E-state index contributed by atoms with van der Waals surface area (Å²) in [6.07, 6.45) is 2.79. The summed E-state index contributed by atoms with van der Waals surface area (Å²) in [6.45, 7) is 1.81. The Labute approximate surface area is 123 Å². The lowest BCUT2D eigenvalue weighted by molar-refractivity contribution is 0.333. The third-order valence-corrected chi connectivity index (χ3v) is 3.84.